The third kappa shape index (κ3) is 4.70. The number of nitrogens with one attached hydrogen (secondary N) is 2. The molecule has 0 aliphatic carbocycles. The minimum atomic E-state index is -0.658. The van der Waals surface area contributed by atoms with Crippen LogP contribution in [0.4, 0.5) is 5.69 Å². The normalized spacial score (nSPS) is 11.7. The highest BCUT2D eigenvalue weighted by Gasteiger charge is 2.16. The molecular formula is C12H15BrN2O2S. The van der Waals surface area contributed by atoms with Crippen LogP contribution in [0.15, 0.2) is 28.7 Å². The van der Waals surface area contributed by atoms with Crippen molar-refractivity contribution in [1.29, 1.82) is 0 Å². The van der Waals surface area contributed by atoms with Crippen molar-refractivity contribution in [3.05, 3.63) is 28.7 Å². The Morgan fingerprint density at radius 2 is 2.00 bits per heavy atom. The lowest BCUT2D eigenvalue weighted by atomic mass is 10.3. The number of hydrogen-bond donors (Lipinski definition) is 2. The van der Waals surface area contributed by atoms with Crippen molar-refractivity contribution in [2.45, 2.75) is 13.0 Å². The highest BCUT2D eigenvalue weighted by molar-refractivity contribution is 9.10. The Balaban J connectivity index is 2.55. The smallest absolute Gasteiger partial charge is 0.313 e. The number of carbonyl (C=O) groups excluding carboxylic acids is 2. The fourth-order valence-electron chi connectivity index (χ4n) is 1.32. The zero-order valence-electron chi connectivity index (χ0n) is 10.2. The zero-order chi connectivity index (χ0) is 13.5. The lowest BCUT2D eigenvalue weighted by molar-refractivity contribution is -0.136. The molecule has 0 aliphatic heterocycles. The van der Waals surface area contributed by atoms with Crippen LogP contribution < -0.4 is 10.6 Å². The summed E-state index contributed by atoms with van der Waals surface area (Å²) in [5.74, 6) is -0.504. The number of hydrogen-bond acceptors (Lipinski definition) is 3. The van der Waals surface area contributed by atoms with Gasteiger partial charge in [0.1, 0.15) is 0 Å². The van der Waals surface area contributed by atoms with E-state index >= 15 is 0 Å². The fourth-order valence-corrected chi connectivity index (χ4v) is 2.29. The van der Waals surface area contributed by atoms with Gasteiger partial charge in [-0.05, 0) is 41.2 Å². The summed E-state index contributed by atoms with van der Waals surface area (Å²) in [5.41, 5.74) is 0.579. The lowest BCUT2D eigenvalue weighted by Crippen LogP contribution is -2.41. The quantitative estimate of drug-likeness (QED) is 0.832. The van der Waals surface area contributed by atoms with Crippen LogP contribution in [-0.2, 0) is 9.59 Å². The summed E-state index contributed by atoms with van der Waals surface area (Å²) in [6.07, 6.45) is 1.95. The summed E-state index contributed by atoms with van der Waals surface area (Å²) >= 11 is 4.92. The first-order valence-corrected chi connectivity index (χ1v) is 7.58. The summed E-state index contributed by atoms with van der Waals surface area (Å²) in [5, 5.41) is 5.19. The molecule has 0 saturated heterocycles. The SMILES string of the molecule is CSC[C@H](C)NC(=O)C(=O)Nc1ccccc1Br. The predicted molar refractivity (Wildman–Crippen MR) is 78.8 cm³/mol. The molecule has 2 N–H and O–H groups in total. The first-order valence-electron chi connectivity index (χ1n) is 5.40. The first kappa shape index (κ1) is 15.0. The Bertz CT molecular complexity index is 440. The van der Waals surface area contributed by atoms with E-state index in [0.29, 0.717) is 5.69 Å². The van der Waals surface area contributed by atoms with Crippen LogP contribution in [0, 0.1) is 0 Å². The van der Waals surface area contributed by atoms with Gasteiger partial charge in [-0.15, -0.1) is 0 Å². The van der Waals surface area contributed by atoms with Gasteiger partial charge in [-0.2, -0.15) is 11.8 Å². The molecule has 0 radical (unpaired) electrons. The number of anilines is 1. The van der Waals surface area contributed by atoms with Gasteiger partial charge in [0.25, 0.3) is 0 Å². The minimum absolute atomic E-state index is 0.0301. The molecule has 0 bridgehead atoms. The Labute approximate surface area is 119 Å². The maximum Gasteiger partial charge on any atom is 0.313 e. The largest absolute Gasteiger partial charge is 0.345 e. The van der Waals surface area contributed by atoms with Crippen molar-refractivity contribution in [3.63, 3.8) is 0 Å². The molecular weight excluding hydrogens is 316 g/mol. The molecule has 6 heteroatoms. The average Bonchev–Trinajstić information content (AvgIpc) is 2.32. The van der Waals surface area contributed by atoms with Crippen molar-refractivity contribution >= 4 is 45.2 Å². The van der Waals surface area contributed by atoms with Crippen LogP contribution in [0.5, 0.6) is 0 Å². The van der Waals surface area contributed by atoms with E-state index in [1.807, 2.05) is 19.2 Å². The zero-order valence-corrected chi connectivity index (χ0v) is 12.6. The Kier molecular flexibility index (Phi) is 6.21. The van der Waals surface area contributed by atoms with E-state index in [0.717, 1.165) is 10.2 Å². The second kappa shape index (κ2) is 7.43. The van der Waals surface area contributed by atoms with Gasteiger partial charge in [0.05, 0.1) is 5.69 Å². The van der Waals surface area contributed by atoms with E-state index < -0.39 is 11.8 Å². The molecule has 4 nitrogen and oxygen atoms in total. The van der Waals surface area contributed by atoms with Gasteiger partial charge in [-0.3, -0.25) is 9.59 Å². The Hall–Kier alpha value is -1.01. The monoisotopic (exact) mass is 330 g/mol. The van der Waals surface area contributed by atoms with E-state index in [1.165, 1.54) is 0 Å². The topological polar surface area (TPSA) is 58.2 Å². The standard InChI is InChI=1S/C12H15BrN2O2S/c1-8(7-18-2)14-11(16)12(17)15-10-6-4-3-5-9(10)13/h3-6,8H,7H2,1-2H3,(H,14,16)(H,15,17)/t8-/m0/s1. The molecule has 2 amide bonds. The maximum atomic E-state index is 11.7. The minimum Gasteiger partial charge on any atom is -0.345 e. The maximum absolute atomic E-state index is 11.7. The summed E-state index contributed by atoms with van der Waals surface area (Å²) in [6, 6.07) is 7.11. The molecule has 0 saturated carbocycles. The van der Waals surface area contributed by atoms with Gasteiger partial charge >= 0.3 is 11.8 Å². The van der Waals surface area contributed by atoms with E-state index in [2.05, 4.69) is 26.6 Å². The molecule has 1 atom stereocenters. The number of amides is 2. The second-order valence-corrected chi connectivity index (χ2v) is 5.53. The summed E-state index contributed by atoms with van der Waals surface area (Å²) in [7, 11) is 0. The van der Waals surface area contributed by atoms with Gasteiger partial charge in [-0.1, -0.05) is 12.1 Å². The number of thioether (sulfide) groups is 1. The summed E-state index contributed by atoms with van der Waals surface area (Å²) in [4.78, 5) is 23.2. The predicted octanol–water partition coefficient (Wildman–Crippen LogP) is 2.26. The van der Waals surface area contributed by atoms with Crippen molar-refractivity contribution in [2.24, 2.45) is 0 Å². The molecule has 1 rings (SSSR count). The molecule has 0 aliphatic rings. The van der Waals surface area contributed by atoms with Crippen LogP contribution in [0.25, 0.3) is 0 Å². The Morgan fingerprint density at radius 3 is 2.61 bits per heavy atom. The lowest BCUT2D eigenvalue weighted by Gasteiger charge is -2.12. The number of benzene rings is 1. The molecule has 0 heterocycles. The third-order valence-corrected chi connectivity index (χ3v) is 3.65. The molecule has 0 aromatic heterocycles. The highest BCUT2D eigenvalue weighted by Crippen LogP contribution is 2.20. The fraction of sp³-hybridized carbons (Fsp3) is 0.333. The van der Waals surface area contributed by atoms with Crippen LogP contribution in [0.3, 0.4) is 0 Å². The van der Waals surface area contributed by atoms with Gasteiger partial charge < -0.3 is 10.6 Å². The number of halogens is 1. The van der Waals surface area contributed by atoms with Crippen LogP contribution >= 0.6 is 27.7 Å². The molecule has 1 aromatic carbocycles. The Morgan fingerprint density at radius 1 is 1.33 bits per heavy atom. The molecule has 98 valence electrons. The highest BCUT2D eigenvalue weighted by atomic mass is 79.9. The van der Waals surface area contributed by atoms with E-state index in [9.17, 15) is 9.59 Å². The van der Waals surface area contributed by atoms with E-state index in [-0.39, 0.29) is 6.04 Å². The van der Waals surface area contributed by atoms with Crippen LogP contribution in [-0.4, -0.2) is 29.9 Å². The van der Waals surface area contributed by atoms with E-state index in [1.54, 1.807) is 30.0 Å². The number of para-hydroxylation sites is 1. The van der Waals surface area contributed by atoms with Crippen LogP contribution in [0.1, 0.15) is 6.92 Å². The van der Waals surface area contributed by atoms with Crippen molar-refractivity contribution in [2.75, 3.05) is 17.3 Å². The summed E-state index contributed by atoms with van der Waals surface area (Å²) in [6.45, 7) is 1.86. The molecule has 0 spiro atoms. The van der Waals surface area contributed by atoms with Crippen molar-refractivity contribution in [3.8, 4) is 0 Å². The van der Waals surface area contributed by atoms with E-state index in [4.69, 9.17) is 0 Å². The van der Waals surface area contributed by atoms with Gasteiger partial charge in [0.2, 0.25) is 0 Å². The first-order chi connectivity index (χ1) is 8.54. The third-order valence-electron chi connectivity index (χ3n) is 2.12. The molecule has 1 aromatic rings. The van der Waals surface area contributed by atoms with Gasteiger partial charge in [-0.25, -0.2) is 0 Å². The second-order valence-electron chi connectivity index (χ2n) is 3.76. The number of rotatable bonds is 4. The van der Waals surface area contributed by atoms with Gasteiger partial charge in [0, 0.05) is 16.3 Å². The summed E-state index contributed by atoms with van der Waals surface area (Å²) < 4.78 is 0.739. The molecule has 18 heavy (non-hydrogen) atoms. The average molecular weight is 331 g/mol. The number of carbonyl (C=O) groups is 2. The van der Waals surface area contributed by atoms with Crippen molar-refractivity contribution in [1.82, 2.24) is 5.32 Å². The van der Waals surface area contributed by atoms with Crippen LogP contribution in [0.2, 0.25) is 0 Å². The van der Waals surface area contributed by atoms with Gasteiger partial charge in [0.15, 0.2) is 0 Å². The molecule has 0 unspecified atom stereocenters. The molecule has 0 fully saturated rings. The van der Waals surface area contributed by atoms with Crippen molar-refractivity contribution < 1.29 is 9.59 Å².